The minimum Gasteiger partial charge on any atom is -0.418 e. The quantitative estimate of drug-likeness (QED) is 0.179. The summed E-state index contributed by atoms with van der Waals surface area (Å²) in [6.45, 7) is 0.159. The normalized spacial score (nSPS) is 14.6. The van der Waals surface area contributed by atoms with E-state index in [1.807, 2.05) is 60.7 Å². The molecule has 1 N–H and O–H groups in total. The standard InChI is InChI=1S/C30H29N3O5/c34-29(31-23-16-8-3-9-17-23)26(22-14-6-2-7-15-22)32(20-21-12-4-1-5-13-21)27-24-18-10-11-19-25(24)38-30(35)28(27)33(36)37/h1-2,4-7,10-15,18-19,23,26H,3,8-9,16-17,20H2,(H,31,34). The number of fused-ring (bicyclic) bond motifs is 1. The minimum absolute atomic E-state index is 0.0358. The molecule has 3 aromatic carbocycles. The zero-order valence-electron chi connectivity index (χ0n) is 20.9. The number of carbonyl (C=O) groups excluding carboxylic acids is 1. The van der Waals surface area contributed by atoms with E-state index in [-0.39, 0.29) is 29.8 Å². The topological polar surface area (TPSA) is 106 Å². The Morgan fingerprint density at radius 2 is 1.58 bits per heavy atom. The molecule has 0 bridgehead atoms. The fourth-order valence-electron chi connectivity index (χ4n) is 5.29. The van der Waals surface area contributed by atoms with Crippen molar-refractivity contribution in [2.24, 2.45) is 0 Å². The molecule has 1 aromatic heterocycles. The van der Waals surface area contributed by atoms with Crippen LogP contribution < -0.4 is 15.8 Å². The lowest BCUT2D eigenvalue weighted by molar-refractivity contribution is -0.386. The molecule has 1 atom stereocenters. The van der Waals surface area contributed by atoms with Gasteiger partial charge in [0, 0.05) is 18.0 Å². The summed E-state index contributed by atoms with van der Waals surface area (Å²) < 4.78 is 5.34. The average Bonchev–Trinajstić information content (AvgIpc) is 2.93. The molecule has 1 aliphatic rings. The fraction of sp³-hybridized carbons (Fsp3) is 0.267. The van der Waals surface area contributed by atoms with Crippen LogP contribution in [0.25, 0.3) is 11.0 Å². The molecule has 8 nitrogen and oxygen atoms in total. The summed E-state index contributed by atoms with van der Waals surface area (Å²) in [5.74, 6) is -0.259. The Bertz CT molecular complexity index is 1480. The Kier molecular flexibility index (Phi) is 7.49. The van der Waals surface area contributed by atoms with Crippen LogP contribution >= 0.6 is 0 Å². The molecular weight excluding hydrogens is 482 g/mol. The van der Waals surface area contributed by atoms with Crippen molar-refractivity contribution in [1.29, 1.82) is 0 Å². The first-order valence-electron chi connectivity index (χ1n) is 12.9. The van der Waals surface area contributed by atoms with Crippen molar-refractivity contribution < 1.29 is 14.1 Å². The van der Waals surface area contributed by atoms with E-state index in [9.17, 15) is 19.7 Å². The van der Waals surface area contributed by atoms with Gasteiger partial charge in [-0.2, -0.15) is 0 Å². The monoisotopic (exact) mass is 511 g/mol. The molecule has 0 spiro atoms. The Labute approximate surface area is 220 Å². The maximum Gasteiger partial charge on any atom is 0.417 e. The van der Waals surface area contributed by atoms with Crippen LogP contribution in [0.3, 0.4) is 0 Å². The summed E-state index contributed by atoms with van der Waals surface area (Å²) in [4.78, 5) is 40.3. The predicted molar refractivity (Wildman–Crippen MR) is 146 cm³/mol. The number of nitrogens with zero attached hydrogens (tertiary/aromatic N) is 2. The SMILES string of the molecule is O=C(NC1CCCCC1)C(c1ccccc1)N(Cc1ccccc1)c1c([N+](=O)[O-])c(=O)oc2ccccc12. The van der Waals surface area contributed by atoms with E-state index < -0.39 is 22.3 Å². The Balaban J connectivity index is 1.74. The molecule has 38 heavy (non-hydrogen) atoms. The van der Waals surface area contributed by atoms with Gasteiger partial charge in [0.05, 0.1) is 4.92 Å². The summed E-state index contributed by atoms with van der Waals surface area (Å²) >= 11 is 0. The van der Waals surface area contributed by atoms with E-state index >= 15 is 0 Å². The van der Waals surface area contributed by atoms with Crippen LogP contribution in [0.15, 0.2) is 94.1 Å². The van der Waals surface area contributed by atoms with Gasteiger partial charge in [0.2, 0.25) is 5.91 Å². The third-order valence-electron chi connectivity index (χ3n) is 7.05. The lowest BCUT2D eigenvalue weighted by atomic mass is 9.94. The molecule has 1 saturated carbocycles. The van der Waals surface area contributed by atoms with Crippen LogP contribution in [0.4, 0.5) is 11.4 Å². The van der Waals surface area contributed by atoms with Crippen LogP contribution in [0.2, 0.25) is 0 Å². The molecular formula is C30H29N3O5. The van der Waals surface area contributed by atoms with Gasteiger partial charge in [-0.1, -0.05) is 92.1 Å². The third kappa shape index (κ3) is 5.29. The lowest BCUT2D eigenvalue weighted by Gasteiger charge is -2.35. The van der Waals surface area contributed by atoms with Crippen LogP contribution in [0.5, 0.6) is 0 Å². The Morgan fingerprint density at radius 3 is 2.26 bits per heavy atom. The third-order valence-corrected chi connectivity index (χ3v) is 7.05. The van der Waals surface area contributed by atoms with E-state index in [4.69, 9.17) is 4.42 Å². The second kappa shape index (κ2) is 11.3. The number of hydrogen-bond donors (Lipinski definition) is 1. The molecule has 4 aromatic rings. The summed E-state index contributed by atoms with van der Waals surface area (Å²) in [5.41, 5.74) is 0.0511. The van der Waals surface area contributed by atoms with Crippen molar-refractivity contribution >= 4 is 28.3 Å². The van der Waals surface area contributed by atoms with Crippen LogP contribution in [0, 0.1) is 10.1 Å². The minimum atomic E-state index is -1.05. The first kappa shape index (κ1) is 25.2. The van der Waals surface area contributed by atoms with Crippen LogP contribution in [-0.2, 0) is 11.3 Å². The number of carbonyl (C=O) groups is 1. The molecule has 194 valence electrons. The van der Waals surface area contributed by atoms with Crippen molar-refractivity contribution in [3.8, 4) is 0 Å². The van der Waals surface area contributed by atoms with E-state index in [0.717, 1.165) is 37.7 Å². The van der Waals surface area contributed by atoms with Crippen molar-refractivity contribution in [2.45, 2.75) is 50.7 Å². The van der Waals surface area contributed by atoms with Gasteiger partial charge < -0.3 is 14.6 Å². The smallest absolute Gasteiger partial charge is 0.417 e. The van der Waals surface area contributed by atoms with Gasteiger partial charge in [-0.05, 0) is 36.1 Å². The van der Waals surface area contributed by atoms with E-state index in [0.29, 0.717) is 10.9 Å². The highest BCUT2D eigenvalue weighted by molar-refractivity contribution is 5.98. The molecule has 5 rings (SSSR count). The Morgan fingerprint density at radius 1 is 0.947 bits per heavy atom. The first-order chi connectivity index (χ1) is 18.5. The molecule has 1 aliphatic carbocycles. The van der Waals surface area contributed by atoms with E-state index in [1.165, 1.54) is 0 Å². The molecule has 1 unspecified atom stereocenters. The first-order valence-corrected chi connectivity index (χ1v) is 12.9. The van der Waals surface area contributed by atoms with Crippen molar-refractivity contribution in [1.82, 2.24) is 5.32 Å². The number of nitrogens with one attached hydrogen (secondary N) is 1. The predicted octanol–water partition coefficient (Wildman–Crippen LogP) is 5.90. The van der Waals surface area contributed by atoms with Gasteiger partial charge in [0.25, 0.3) is 0 Å². The van der Waals surface area contributed by atoms with Gasteiger partial charge >= 0.3 is 11.3 Å². The molecule has 0 aliphatic heterocycles. The van der Waals surface area contributed by atoms with Gasteiger partial charge in [0.1, 0.15) is 17.3 Å². The number of nitro groups is 1. The largest absolute Gasteiger partial charge is 0.418 e. The molecule has 0 saturated heterocycles. The highest BCUT2D eigenvalue weighted by atomic mass is 16.6. The van der Waals surface area contributed by atoms with Gasteiger partial charge in [-0.15, -0.1) is 0 Å². The number of para-hydroxylation sites is 1. The summed E-state index contributed by atoms with van der Waals surface area (Å²) in [6, 6.07) is 24.4. The van der Waals surface area contributed by atoms with Crippen LogP contribution in [0.1, 0.15) is 49.3 Å². The zero-order valence-corrected chi connectivity index (χ0v) is 20.9. The summed E-state index contributed by atoms with van der Waals surface area (Å²) in [6.07, 6.45) is 5.02. The number of hydrogen-bond acceptors (Lipinski definition) is 6. The average molecular weight is 512 g/mol. The van der Waals surface area contributed by atoms with Gasteiger partial charge in [-0.25, -0.2) is 4.79 Å². The second-order valence-electron chi connectivity index (χ2n) is 9.61. The van der Waals surface area contributed by atoms with Crippen molar-refractivity contribution in [2.75, 3.05) is 4.90 Å². The highest BCUT2D eigenvalue weighted by Crippen LogP contribution is 2.39. The fourth-order valence-corrected chi connectivity index (χ4v) is 5.29. The van der Waals surface area contributed by atoms with Gasteiger partial charge in [-0.3, -0.25) is 14.9 Å². The van der Waals surface area contributed by atoms with Crippen LogP contribution in [-0.4, -0.2) is 16.9 Å². The molecule has 1 heterocycles. The lowest BCUT2D eigenvalue weighted by Crippen LogP contribution is -2.45. The highest BCUT2D eigenvalue weighted by Gasteiger charge is 2.37. The molecule has 8 heteroatoms. The summed E-state index contributed by atoms with van der Waals surface area (Å²) in [5, 5.41) is 15.9. The molecule has 0 radical (unpaired) electrons. The van der Waals surface area contributed by atoms with E-state index in [1.54, 1.807) is 29.2 Å². The number of anilines is 1. The second-order valence-corrected chi connectivity index (χ2v) is 9.61. The molecule has 1 fully saturated rings. The number of amides is 1. The number of rotatable bonds is 8. The Hall–Kier alpha value is -4.46. The van der Waals surface area contributed by atoms with E-state index in [2.05, 4.69) is 5.32 Å². The zero-order chi connectivity index (χ0) is 26.5. The molecule has 1 amide bonds. The maximum atomic E-state index is 14.1. The van der Waals surface area contributed by atoms with Crippen molar-refractivity contribution in [3.63, 3.8) is 0 Å². The number of benzene rings is 3. The maximum absolute atomic E-state index is 14.1. The van der Waals surface area contributed by atoms with Gasteiger partial charge in [0.15, 0.2) is 0 Å². The van der Waals surface area contributed by atoms with Crippen molar-refractivity contribution in [3.05, 3.63) is 117 Å². The summed E-state index contributed by atoms with van der Waals surface area (Å²) in [7, 11) is 0.